The first kappa shape index (κ1) is 84.5. The molecule has 0 saturated carbocycles. The highest BCUT2D eigenvalue weighted by molar-refractivity contribution is 7.45. The van der Waals surface area contributed by atoms with Crippen molar-refractivity contribution in [2.24, 2.45) is 0 Å². The van der Waals surface area contributed by atoms with Gasteiger partial charge in [0.25, 0.3) is 7.82 Å². The van der Waals surface area contributed by atoms with E-state index >= 15 is 0 Å². The van der Waals surface area contributed by atoms with E-state index in [2.05, 4.69) is 86.8 Å². The fourth-order valence-electron chi connectivity index (χ4n) is 10.8. The van der Waals surface area contributed by atoms with Crippen molar-refractivity contribution in [3.63, 3.8) is 0 Å². The number of quaternary nitrogens is 1. The van der Waals surface area contributed by atoms with Gasteiger partial charge in [-0.2, -0.15) is 0 Å². The van der Waals surface area contributed by atoms with Crippen LogP contribution >= 0.6 is 7.82 Å². The lowest BCUT2D eigenvalue weighted by atomic mass is 10.0. The molecule has 0 saturated heterocycles. The van der Waals surface area contributed by atoms with Crippen molar-refractivity contribution in [1.29, 1.82) is 0 Å². The normalized spacial score (nSPS) is 13.5. The summed E-state index contributed by atoms with van der Waals surface area (Å²) in [5, 5.41) is 0. The summed E-state index contributed by atoms with van der Waals surface area (Å²) in [5.74, 6) is -0.831. The Hall–Kier alpha value is -2.55. The lowest BCUT2D eigenvalue weighted by Crippen LogP contribution is -2.37. The number of phosphoric acid groups is 1. The van der Waals surface area contributed by atoms with Gasteiger partial charge >= 0.3 is 11.9 Å². The molecule has 2 unspecified atom stereocenters. The number of carbonyl (C=O) groups is 2. The maximum atomic E-state index is 12.9. The summed E-state index contributed by atoms with van der Waals surface area (Å²) in [5.41, 5.74) is 0. The van der Waals surface area contributed by atoms with Gasteiger partial charge in [-0.05, 0) is 64.2 Å². The predicted octanol–water partition coefficient (Wildman–Crippen LogP) is 23.7. The summed E-state index contributed by atoms with van der Waals surface area (Å²) >= 11 is 0. The number of phosphoric ester groups is 1. The number of ether oxygens (including phenoxy) is 2. The summed E-state index contributed by atoms with van der Waals surface area (Å²) in [4.78, 5) is 38.1. The van der Waals surface area contributed by atoms with E-state index in [0.717, 1.165) is 83.5 Å². The molecule has 0 aliphatic carbocycles. The van der Waals surface area contributed by atoms with Gasteiger partial charge in [-0.1, -0.05) is 350 Å². The molecule has 10 heteroatoms. The fourth-order valence-corrected chi connectivity index (χ4v) is 11.6. The van der Waals surface area contributed by atoms with E-state index in [1.807, 2.05) is 21.1 Å². The quantitative estimate of drug-likeness (QED) is 0.0195. The fraction of sp³-hybridized carbons (Fsp3) is 0.818. The van der Waals surface area contributed by atoms with Crippen molar-refractivity contribution in [2.75, 3.05) is 47.5 Å². The topological polar surface area (TPSA) is 111 Å². The molecule has 0 aromatic rings. The third-order valence-electron chi connectivity index (χ3n) is 16.5. The highest BCUT2D eigenvalue weighted by Gasteiger charge is 2.22. The number of esters is 2. The molecule has 87 heavy (non-hydrogen) atoms. The highest BCUT2D eigenvalue weighted by atomic mass is 31.2. The maximum absolute atomic E-state index is 12.9. The molecule has 0 bridgehead atoms. The Morgan fingerprint density at radius 3 is 0.977 bits per heavy atom. The van der Waals surface area contributed by atoms with Crippen molar-refractivity contribution in [2.45, 2.75) is 360 Å². The van der Waals surface area contributed by atoms with Crippen molar-refractivity contribution in [3.05, 3.63) is 72.9 Å². The number of allylic oxidation sites excluding steroid dienone is 12. The Bertz CT molecular complexity index is 1700. The lowest BCUT2D eigenvalue weighted by Gasteiger charge is -2.28. The smallest absolute Gasteiger partial charge is 0.306 e. The number of nitrogens with zero attached hydrogens (tertiary/aromatic N) is 1. The van der Waals surface area contributed by atoms with Crippen LogP contribution in [-0.4, -0.2) is 70.0 Å². The standard InChI is InChI=1S/C77H142NO8P/c1-6-8-10-12-14-16-18-20-22-24-26-28-30-32-34-35-36-37-38-39-40-41-42-44-45-47-49-51-53-55-57-59-61-63-65-67-69-76(79)83-73-75(74-85-87(81,82)84-72-71-78(3,4)5)86-77(80)70-68-66-64-62-60-58-56-54-52-50-48-46-43-33-31-29-27-25-23-21-19-17-15-13-11-9-7-2/h9,11,15,17,21,23,27,29,33,43,48,50,75H,6-8,10,12-14,16,18-20,22,24-26,28,30-32,34-42,44-47,49,51-74H2,1-5H3/b11-9-,17-15-,23-21-,29-27-,43-33-,50-48-. The van der Waals surface area contributed by atoms with Crippen LogP contribution < -0.4 is 4.89 Å². The summed E-state index contributed by atoms with van der Waals surface area (Å²) in [6, 6.07) is 0. The molecule has 0 radical (unpaired) electrons. The average Bonchev–Trinajstić information content (AvgIpc) is 3.68. The van der Waals surface area contributed by atoms with E-state index in [1.54, 1.807) is 0 Å². The average molecular weight is 1240 g/mol. The van der Waals surface area contributed by atoms with Crippen LogP contribution in [0.15, 0.2) is 72.9 Å². The van der Waals surface area contributed by atoms with Crippen LogP contribution in [-0.2, 0) is 32.7 Å². The monoisotopic (exact) mass is 1240 g/mol. The minimum absolute atomic E-state index is 0.0339. The zero-order chi connectivity index (χ0) is 63.4. The van der Waals surface area contributed by atoms with Crippen molar-refractivity contribution in [1.82, 2.24) is 0 Å². The minimum atomic E-state index is -4.65. The molecule has 0 amide bonds. The molecule has 0 N–H and O–H groups in total. The number of likely N-dealkylation sites (N-methyl/N-ethyl adjacent to an activating group) is 1. The molecule has 0 aliphatic heterocycles. The second kappa shape index (κ2) is 67.8. The van der Waals surface area contributed by atoms with Gasteiger partial charge in [0.1, 0.15) is 19.8 Å². The molecule has 508 valence electrons. The van der Waals surface area contributed by atoms with E-state index in [9.17, 15) is 19.0 Å². The van der Waals surface area contributed by atoms with E-state index in [0.29, 0.717) is 17.4 Å². The minimum Gasteiger partial charge on any atom is -0.756 e. The lowest BCUT2D eigenvalue weighted by molar-refractivity contribution is -0.870. The molecule has 9 nitrogen and oxygen atoms in total. The molecule has 0 rings (SSSR count). The zero-order valence-corrected chi connectivity index (χ0v) is 58.9. The second-order valence-electron chi connectivity index (χ2n) is 26.3. The molecule has 0 fully saturated rings. The molecule has 0 spiro atoms. The largest absolute Gasteiger partial charge is 0.756 e. The van der Waals surface area contributed by atoms with Gasteiger partial charge in [0.15, 0.2) is 6.10 Å². The number of carbonyl (C=O) groups excluding carboxylic acids is 2. The second-order valence-corrected chi connectivity index (χ2v) is 27.7. The summed E-state index contributed by atoms with van der Waals surface area (Å²) in [7, 11) is 1.17. The number of unbranched alkanes of at least 4 members (excludes halogenated alkanes) is 43. The SMILES string of the molecule is CC/C=C\C/C=C\C/C=C\C/C=C\C/C=C\C/C=C\CCCCCCCCCCC(=O)OC(COC(=O)CCCCCCCCCCCCCCCCCCCCCCCCCCCCCCCCCCCCCC)COP(=O)([O-])OCC[N+](C)(C)C. The maximum Gasteiger partial charge on any atom is 0.306 e. The van der Waals surface area contributed by atoms with Crippen LogP contribution in [0.4, 0.5) is 0 Å². The first-order valence-electron chi connectivity index (χ1n) is 37.1. The first-order valence-corrected chi connectivity index (χ1v) is 38.6. The summed E-state index contributed by atoms with van der Waals surface area (Å²) in [6.45, 7) is 4.17. The third kappa shape index (κ3) is 72.4. The number of hydrogen-bond acceptors (Lipinski definition) is 8. The molecule has 0 heterocycles. The zero-order valence-electron chi connectivity index (χ0n) is 58.0. The predicted molar refractivity (Wildman–Crippen MR) is 374 cm³/mol. The number of rotatable bonds is 69. The van der Waals surface area contributed by atoms with E-state index in [-0.39, 0.29) is 32.0 Å². The summed E-state index contributed by atoms with van der Waals surface area (Å²) < 4.78 is 34.3. The number of hydrogen-bond donors (Lipinski definition) is 0. The van der Waals surface area contributed by atoms with Gasteiger partial charge in [0.05, 0.1) is 27.7 Å². The van der Waals surface area contributed by atoms with Gasteiger partial charge in [0, 0.05) is 12.8 Å². The van der Waals surface area contributed by atoms with Crippen molar-refractivity contribution >= 4 is 19.8 Å². The van der Waals surface area contributed by atoms with Crippen molar-refractivity contribution in [3.8, 4) is 0 Å². The van der Waals surface area contributed by atoms with Gasteiger partial charge < -0.3 is 27.9 Å². The van der Waals surface area contributed by atoms with Gasteiger partial charge in [-0.15, -0.1) is 0 Å². The van der Waals surface area contributed by atoms with Crippen LogP contribution in [0.5, 0.6) is 0 Å². The Morgan fingerprint density at radius 2 is 0.655 bits per heavy atom. The van der Waals surface area contributed by atoms with E-state index < -0.39 is 26.5 Å². The molecule has 0 aliphatic rings. The van der Waals surface area contributed by atoms with Crippen LogP contribution in [0.3, 0.4) is 0 Å². The Balaban J connectivity index is 3.97. The van der Waals surface area contributed by atoms with E-state index in [1.165, 1.54) is 238 Å². The summed E-state index contributed by atoms with van der Waals surface area (Å²) in [6.07, 6.45) is 91.5. The van der Waals surface area contributed by atoms with Gasteiger partial charge in [0.2, 0.25) is 0 Å². The Kier molecular flexibility index (Phi) is 65.8. The van der Waals surface area contributed by atoms with Crippen LogP contribution in [0.2, 0.25) is 0 Å². The molecule has 0 aromatic heterocycles. The van der Waals surface area contributed by atoms with Gasteiger partial charge in [-0.25, -0.2) is 0 Å². The Morgan fingerprint density at radius 1 is 0.368 bits per heavy atom. The van der Waals surface area contributed by atoms with Crippen LogP contribution in [0.25, 0.3) is 0 Å². The molecule has 2 atom stereocenters. The van der Waals surface area contributed by atoms with Crippen molar-refractivity contribution < 1.29 is 42.1 Å². The van der Waals surface area contributed by atoms with Crippen LogP contribution in [0, 0.1) is 0 Å². The molecular formula is C77H142NO8P. The first-order chi connectivity index (χ1) is 42.5. The highest BCUT2D eigenvalue weighted by Crippen LogP contribution is 2.38. The Labute approximate surface area is 539 Å². The van der Waals surface area contributed by atoms with E-state index in [4.69, 9.17) is 18.5 Å². The van der Waals surface area contributed by atoms with Crippen LogP contribution in [0.1, 0.15) is 354 Å². The molecular weight excluding hydrogens is 1100 g/mol. The molecule has 0 aromatic carbocycles. The van der Waals surface area contributed by atoms with Gasteiger partial charge in [-0.3, -0.25) is 14.2 Å². The third-order valence-corrected chi connectivity index (χ3v) is 17.5.